The fraction of sp³-hybridized carbons (Fsp3) is 0.333. The van der Waals surface area contributed by atoms with Crippen molar-refractivity contribution in [3.05, 3.63) is 45.7 Å². The number of benzene rings is 1. The van der Waals surface area contributed by atoms with Crippen molar-refractivity contribution in [2.75, 3.05) is 11.9 Å². The maximum Gasteiger partial charge on any atom is 0.218 e. The molecular weight excluding hydrogens is 309 g/mol. The summed E-state index contributed by atoms with van der Waals surface area (Å²) in [7, 11) is 0. The van der Waals surface area contributed by atoms with Gasteiger partial charge in [-0.1, -0.05) is 29.3 Å². The molecule has 2 rings (SSSR count). The first-order valence-corrected chi connectivity index (χ1v) is 7.45. The first-order valence-electron chi connectivity index (χ1n) is 6.69. The van der Waals surface area contributed by atoms with E-state index in [9.17, 15) is 0 Å². The van der Waals surface area contributed by atoms with Crippen LogP contribution in [0.25, 0.3) is 0 Å². The van der Waals surface area contributed by atoms with Gasteiger partial charge in [-0.3, -0.25) is 0 Å². The van der Waals surface area contributed by atoms with Crippen molar-refractivity contribution < 1.29 is 4.74 Å². The number of aryl methyl sites for hydroxylation is 1. The normalized spacial score (nSPS) is 12.0. The predicted molar refractivity (Wildman–Crippen MR) is 86.4 cm³/mol. The number of nitrogens with one attached hydrogen (secondary N) is 1. The molecule has 1 unspecified atom stereocenters. The molecule has 0 spiro atoms. The van der Waals surface area contributed by atoms with Gasteiger partial charge in [0.1, 0.15) is 11.6 Å². The minimum atomic E-state index is -0.0152. The Labute approximate surface area is 134 Å². The van der Waals surface area contributed by atoms with Gasteiger partial charge in [0.2, 0.25) is 5.88 Å². The van der Waals surface area contributed by atoms with Gasteiger partial charge in [-0.2, -0.15) is 4.98 Å². The Kier molecular flexibility index (Phi) is 5.26. The monoisotopic (exact) mass is 325 g/mol. The number of anilines is 1. The fourth-order valence-electron chi connectivity index (χ4n) is 1.99. The van der Waals surface area contributed by atoms with E-state index < -0.39 is 0 Å². The average Bonchev–Trinajstić information content (AvgIpc) is 2.37. The molecule has 0 aliphatic heterocycles. The van der Waals surface area contributed by atoms with E-state index in [0.29, 0.717) is 34.2 Å². The highest BCUT2D eigenvalue weighted by molar-refractivity contribution is 6.35. The van der Waals surface area contributed by atoms with Crippen LogP contribution in [0, 0.1) is 6.92 Å². The van der Waals surface area contributed by atoms with E-state index in [1.807, 2.05) is 32.9 Å². The highest BCUT2D eigenvalue weighted by Gasteiger charge is 2.12. The molecule has 1 N–H and O–H groups in total. The lowest BCUT2D eigenvalue weighted by atomic mass is 10.1. The second kappa shape index (κ2) is 6.96. The molecule has 0 aliphatic carbocycles. The predicted octanol–water partition coefficient (Wildman–Crippen LogP) is 4.66. The molecule has 0 aliphatic rings. The average molecular weight is 326 g/mol. The van der Waals surface area contributed by atoms with Gasteiger partial charge in [-0.05, 0) is 38.5 Å². The Morgan fingerprint density at radius 2 is 2.00 bits per heavy atom. The Hall–Kier alpha value is -1.52. The lowest BCUT2D eigenvalue weighted by molar-refractivity contribution is 0.325. The van der Waals surface area contributed by atoms with Crippen molar-refractivity contribution in [1.82, 2.24) is 9.97 Å². The largest absolute Gasteiger partial charge is 0.478 e. The van der Waals surface area contributed by atoms with Gasteiger partial charge in [0, 0.05) is 16.1 Å². The maximum absolute atomic E-state index is 6.22. The van der Waals surface area contributed by atoms with Crippen LogP contribution in [-0.2, 0) is 0 Å². The highest BCUT2D eigenvalue weighted by atomic mass is 35.5. The van der Waals surface area contributed by atoms with Crippen LogP contribution in [0.5, 0.6) is 5.88 Å². The van der Waals surface area contributed by atoms with Crippen LogP contribution in [0.2, 0.25) is 10.0 Å². The number of ether oxygens (including phenoxy) is 1. The molecular formula is C15H17Cl2N3O. The van der Waals surface area contributed by atoms with Crippen molar-refractivity contribution in [3.8, 4) is 5.88 Å². The summed E-state index contributed by atoms with van der Waals surface area (Å²) in [5.74, 6) is 1.91. The lowest BCUT2D eigenvalue weighted by Gasteiger charge is -2.17. The summed E-state index contributed by atoms with van der Waals surface area (Å²) >= 11 is 12.1. The Morgan fingerprint density at radius 1 is 1.24 bits per heavy atom. The molecule has 1 aromatic heterocycles. The van der Waals surface area contributed by atoms with Gasteiger partial charge in [0.25, 0.3) is 0 Å². The van der Waals surface area contributed by atoms with Crippen LogP contribution in [0.15, 0.2) is 24.3 Å². The zero-order chi connectivity index (χ0) is 15.4. The summed E-state index contributed by atoms with van der Waals surface area (Å²) in [4.78, 5) is 8.57. The Morgan fingerprint density at radius 3 is 2.67 bits per heavy atom. The van der Waals surface area contributed by atoms with E-state index in [0.717, 1.165) is 5.56 Å². The summed E-state index contributed by atoms with van der Waals surface area (Å²) in [6.45, 7) is 6.32. The number of hydrogen-bond donors (Lipinski definition) is 1. The van der Waals surface area contributed by atoms with E-state index in [2.05, 4.69) is 15.3 Å². The molecule has 6 heteroatoms. The summed E-state index contributed by atoms with van der Waals surface area (Å²) in [5, 5.41) is 4.54. The second-order valence-corrected chi connectivity index (χ2v) is 5.45. The lowest BCUT2D eigenvalue weighted by Crippen LogP contribution is -2.10. The summed E-state index contributed by atoms with van der Waals surface area (Å²) in [6.07, 6.45) is 0. The summed E-state index contributed by atoms with van der Waals surface area (Å²) in [5.41, 5.74) is 0.954. The van der Waals surface area contributed by atoms with Crippen LogP contribution in [0.1, 0.15) is 31.3 Å². The van der Waals surface area contributed by atoms with Gasteiger partial charge in [0.15, 0.2) is 0 Å². The third kappa shape index (κ3) is 4.22. The molecule has 1 aromatic carbocycles. The van der Waals surface area contributed by atoms with Crippen LogP contribution < -0.4 is 10.1 Å². The molecule has 0 bridgehead atoms. The van der Waals surface area contributed by atoms with E-state index in [1.54, 1.807) is 12.1 Å². The first-order chi connectivity index (χ1) is 9.99. The van der Waals surface area contributed by atoms with Crippen molar-refractivity contribution >= 4 is 29.0 Å². The molecule has 112 valence electrons. The van der Waals surface area contributed by atoms with Crippen molar-refractivity contribution in [2.45, 2.75) is 26.8 Å². The molecule has 1 atom stereocenters. The SMILES string of the molecule is CCOc1cc(NC(C)c2ccc(Cl)cc2Cl)nc(C)n1. The molecule has 0 radical (unpaired) electrons. The van der Waals surface area contributed by atoms with E-state index in [-0.39, 0.29) is 6.04 Å². The number of rotatable bonds is 5. The molecule has 0 amide bonds. The second-order valence-electron chi connectivity index (χ2n) is 4.60. The summed E-state index contributed by atoms with van der Waals surface area (Å²) < 4.78 is 5.42. The number of aromatic nitrogens is 2. The topological polar surface area (TPSA) is 47.0 Å². The minimum Gasteiger partial charge on any atom is -0.478 e. The van der Waals surface area contributed by atoms with Gasteiger partial charge >= 0.3 is 0 Å². The molecule has 4 nitrogen and oxygen atoms in total. The molecule has 0 fully saturated rings. The van der Waals surface area contributed by atoms with Gasteiger partial charge < -0.3 is 10.1 Å². The molecule has 21 heavy (non-hydrogen) atoms. The molecule has 2 aromatic rings. The van der Waals surface area contributed by atoms with E-state index in [1.165, 1.54) is 0 Å². The van der Waals surface area contributed by atoms with Crippen molar-refractivity contribution in [2.24, 2.45) is 0 Å². The smallest absolute Gasteiger partial charge is 0.218 e. The number of halogens is 2. The van der Waals surface area contributed by atoms with E-state index in [4.69, 9.17) is 27.9 Å². The number of hydrogen-bond acceptors (Lipinski definition) is 4. The third-order valence-corrected chi connectivity index (χ3v) is 3.46. The molecule has 1 heterocycles. The van der Waals surface area contributed by atoms with Crippen LogP contribution in [0.4, 0.5) is 5.82 Å². The minimum absolute atomic E-state index is 0.0152. The maximum atomic E-state index is 6.22. The zero-order valence-corrected chi connectivity index (χ0v) is 13.7. The highest BCUT2D eigenvalue weighted by Crippen LogP contribution is 2.28. The Bertz CT molecular complexity index is 634. The van der Waals surface area contributed by atoms with Gasteiger partial charge in [-0.25, -0.2) is 4.98 Å². The van der Waals surface area contributed by atoms with Crippen LogP contribution >= 0.6 is 23.2 Å². The first kappa shape index (κ1) is 15.9. The quantitative estimate of drug-likeness (QED) is 0.868. The van der Waals surface area contributed by atoms with Crippen LogP contribution in [0.3, 0.4) is 0 Å². The van der Waals surface area contributed by atoms with E-state index >= 15 is 0 Å². The third-order valence-electron chi connectivity index (χ3n) is 2.90. The zero-order valence-electron chi connectivity index (χ0n) is 12.2. The van der Waals surface area contributed by atoms with Crippen molar-refractivity contribution in [3.63, 3.8) is 0 Å². The van der Waals surface area contributed by atoms with Crippen molar-refractivity contribution in [1.29, 1.82) is 0 Å². The number of nitrogens with zero attached hydrogens (tertiary/aromatic N) is 2. The van der Waals surface area contributed by atoms with Gasteiger partial charge in [-0.15, -0.1) is 0 Å². The molecule has 0 saturated heterocycles. The summed E-state index contributed by atoms with van der Waals surface area (Å²) in [6, 6.07) is 7.21. The van der Waals surface area contributed by atoms with Crippen LogP contribution in [-0.4, -0.2) is 16.6 Å². The standard InChI is InChI=1S/C15H17Cl2N3O/c1-4-21-15-8-14(19-10(3)20-15)18-9(2)12-6-5-11(16)7-13(12)17/h5-9H,4H2,1-3H3,(H,18,19,20). The van der Waals surface area contributed by atoms with Gasteiger partial charge in [0.05, 0.1) is 12.6 Å². The fourth-order valence-corrected chi connectivity index (χ4v) is 2.56. The Balaban J connectivity index is 2.20. The molecule has 0 saturated carbocycles.